The van der Waals surface area contributed by atoms with Gasteiger partial charge in [0.2, 0.25) is 5.91 Å². The molecule has 2 unspecified atom stereocenters. The molecular formula is C34H46N2O5. The molecule has 1 amide bonds. The molecule has 8 atom stereocenters. The number of rotatable bonds is 3. The van der Waals surface area contributed by atoms with E-state index < -0.39 is 44.4 Å². The SMILES string of the molecule is CC1[C@]2(CCC(C)(C)C)CC[C@@]3(C)[C@]4(C)CCC5[C@](C)(C(=O)N(C)C)C(=O)C(C#N)=C[C@]5(C)C4=CC(=O)[C@]13OC2=O. The summed E-state index contributed by atoms with van der Waals surface area (Å²) >= 11 is 0. The molecule has 1 spiro atoms. The van der Waals surface area contributed by atoms with Crippen molar-refractivity contribution in [2.24, 2.45) is 44.3 Å². The summed E-state index contributed by atoms with van der Waals surface area (Å²) in [5.74, 6) is -1.92. The van der Waals surface area contributed by atoms with E-state index in [-0.39, 0.29) is 34.6 Å². The molecule has 0 N–H and O–H groups in total. The Labute approximate surface area is 244 Å². The summed E-state index contributed by atoms with van der Waals surface area (Å²) in [5.41, 5.74) is -4.63. The van der Waals surface area contributed by atoms with Crippen molar-refractivity contribution in [2.75, 3.05) is 14.1 Å². The monoisotopic (exact) mass is 562 g/mol. The van der Waals surface area contributed by atoms with Crippen molar-refractivity contribution in [3.05, 3.63) is 23.3 Å². The number of fused-ring (bicyclic) bond motifs is 5. The first-order valence-electron chi connectivity index (χ1n) is 15.1. The first-order valence-corrected chi connectivity index (χ1v) is 15.1. The van der Waals surface area contributed by atoms with Crippen LogP contribution < -0.4 is 0 Å². The zero-order valence-electron chi connectivity index (χ0n) is 26.5. The van der Waals surface area contributed by atoms with E-state index in [0.717, 1.165) is 12.0 Å². The molecule has 5 rings (SSSR count). The summed E-state index contributed by atoms with van der Waals surface area (Å²) in [5, 5.41) is 10.0. The third kappa shape index (κ3) is 3.25. The Morgan fingerprint density at radius 3 is 2.29 bits per heavy atom. The molecule has 222 valence electrons. The Hall–Kier alpha value is -2.75. The third-order valence-electron chi connectivity index (χ3n) is 12.8. The number of Topliss-reactive ketones (excluding diaryl/α,β-unsaturated/α-hetero) is 1. The maximum atomic E-state index is 14.6. The first kappa shape index (κ1) is 29.7. The topological polar surface area (TPSA) is 105 Å². The zero-order chi connectivity index (χ0) is 30.8. The maximum absolute atomic E-state index is 14.6. The van der Waals surface area contributed by atoms with Gasteiger partial charge in [-0.2, -0.15) is 5.26 Å². The molecule has 3 fully saturated rings. The summed E-state index contributed by atoms with van der Waals surface area (Å²) < 4.78 is 6.41. The lowest BCUT2D eigenvalue weighted by molar-refractivity contribution is -0.199. The number of carbonyl (C=O) groups is 4. The second-order valence-electron chi connectivity index (χ2n) is 15.9. The fourth-order valence-corrected chi connectivity index (χ4v) is 10.2. The molecule has 41 heavy (non-hydrogen) atoms. The summed E-state index contributed by atoms with van der Waals surface area (Å²) in [6.07, 6.45) is 7.49. The number of nitriles is 1. The number of allylic oxidation sites excluding steroid dienone is 3. The van der Waals surface area contributed by atoms with Gasteiger partial charge in [0.15, 0.2) is 17.2 Å². The van der Waals surface area contributed by atoms with E-state index in [4.69, 9.17) is 4.74 Å². The van der Waals surface area contributed by atoms with Crippen LogP contribution in [0.3, 0.4) is 0 Å². The Balaban J connectivity index is 1.70. The number of hydrogen-bond acceptors (Lipinski definition) is 6. The van der Waals surface area contributed by atoms with Gasteiger partial charge < -0.3 is 9.64 Å². The lowest BCUT2D eigenvalue weighted by Crippen LogP contribution is -2.71. The van der Waals surface area contributed by atoms with Crippen LogP contribution in [-0.2, 0) is 23.9 Å². The van der Waals surface area contributed by atoms with Crippen LogP contribution in [0.2, 0.25) is 0 Å². The highest BCUT2D eigenvalue weighted by Gasteiger charge is 2.81. The molecule has 7 nitrogen and oxygen atoms in total. The number of carbonyl (C=O) groups excluding carboxylic acids is 4. The van der Waals surface area contributed by atoms with Crippen molar-refractivity contribution in [1.29, 1.82) is 5.26 Å². The first-order chi connectivity index (χ1) is 18.7. The highest BCUT2D eigenvalue weighted by atomic mass is 16.6. The zero-order valence-corrected chi connectivity index (χ0v) is 26.5. The molecule has 4 aliphatic carbocycles. The second kappa shape index (κ2) is 8.42. The molecule has 0 aromatic heterocycles. The minimum absolute atomic E-state index is 0.0324. The van der Waals surface area contributed by atoms with Gasteiger partial charge in [-0.25, -0.2) is 0 Å². The number of ether oxygens (including phenoxy) is 1. The van der Waals surface area contributed by atoms with Crippen LogP contribution in [0.25, 0.3) is 0 Å². The summed E-state index contributed by atoms with van der Waals surface area (Å²) in [7, 11) is 3.26. The Kier molecular flexibility index (Phi) is 6.11. The molecule has 0 aromatic rings. The highest BCUT2D eigenvalue weighted by molar-refractivity contribution is 6.16. The molecule has 2 bridgehead atoms. The smallest absolute Gasteiger partial charge is 0.313 e. The molecule has 5 aliphatic rings. The summed E-state index contributed by atoms with van der Waals surface area (Å²) in [6, 6.07) is 2.07. The molecule has 0 aromatic carbocycles. The Morgan fingerprint density at radius 2 is 1.73 bits per heavy atom. The van der Waals surface area contributed by atoms with Crippen LogP contribution in [0, 0.1) is 55.7 Å². The van der Waals surface area contributed by atoms with E-state index in [1.165, 1.54) is 4.90 Å². The van der Waals surface area contributed by atoms with Gasteiger partial charge in [0.25, 0.3) is 0 Å². The van der Waals surface area contributed by atoms with Crippen molar-refractivity contribution in [3.8, 4) is 6.07 Å². The van der Waals surface area contributed by atoms with Crippen LogP contribution in [0.4, 0.5) is 0 Å². The second-order valence-corrected chi connectivity index (χ2v) is 15.9. The van der Waals surface area contributed by atoms with Gasteiger partial charge in [0.05, 0.1) is 11.0 Å². The van der Waals surface area contributed by atoms with Crippen LogP contribution in [0.15, 0.2) is 23.3 Å². The minimum Gasteiger partial charge on any atom is -0.449 e. The molecule has 0 radical (unpaired) electrons. The van der Waals surface area contributed by atoms with Crippen LogP contribution in [0.5, 0.6) is 0 Å². The van der Waals surface area contributed by atoms with E-state index in [1.54, 1.807) is 33.2 Å². The standard InChI is InChI=1S/C34H46N2O5/c1-20-33(15-13-28(2,3)4)16-14-31(7)30(6)12-11-22-29(5,23(30)17-24(37)34(20,31)41-27(33)40)18-21(19-35)25(38)32(22,8)26(39)36(9)10/h17-18,20,22H,11-16H2,1-10H3/t20?,22?,29-,30+,31-,32-,33-,34+/m0/s1. The third-order valence-corrected chi connectivity index (χ3v) is 12.8. The van der Waals surface area contributed by atoms with Crippen molar-refractivity contribution in [2.45, 2.75) is 99.5 Å². The van der Waals surface area contributed by atoms with E-state index in [1.807, 2.05) is 13.8 Å². The van der Waals surface area contributed by atoms with Gasteiger partial charge in [0.1, 0.15) is 11.5 Å². The predicted octanol–water partition coefficient (Wildman–Crippen LogP) is 5.59. The van der Waals surface area contributed by atoms with E-state index in [2.05, 4.69) is 40.7 Å². The van der Waals surface area contributed by atoms with Gasteiger partial charge in [-0.1, -0.05) is 54.5 Å². The Morgan fingerprint density at radius 1 is 1.10 bits per heavy atom. The largest absolute Gasteiger partial charge is 0.449 e. The Bertz CT molecular complexity index is 1380. The van der Waals surface area contributed by atoms with E-state index in [9.17, 15) is 24.4 Å². The molecule has 1 heterocycles. The van der Waals surface area contributed by atoms with Crippen molar-refractivity contribution in [1.82, 2.24) is 4.90 Å². The van der Waals surface area contributed by atoms with Crippen molar-refractivity contribution < 1.29 is 23.9 Å². The van der Waals surface area contributed by atoms with E-state index in [0.29, 0.717) is 32.1 Å². The van der Waals surface area contributed by atoms with Gasteiger partial charge in [-0.3, -0.25) is 19.2 Å². The number of amides is 1. The highest BCUT2D eigenvalue weighted by Crippen LogP contribution is 2.76. The maximum Gasteiger partial charge on any atom is 0.313 e. The number of ketones is 2. The van der Waals surface area contributed by atoms with Crippen molar-refractivity contribution in [3.63, 3.8) is 0 Å². The average Bonchev–Trinajstić information content (AvgIpc) is 3.03. The summed E-state index contributed by atoms with van der Waals surface area (Å²) in [4.78, 5) is 57.2. The summed E-state index contributed by atoms with van der Waals surface area (Å²) in [6.45, 7) is 16.5. The fourth-order valence-electron chi connectivity index (χ4n) is 10.2. The molecular weight excluding hydrogens is 516 g/mol. The lowest BCUT2D eigenvalue weighted by atomic mass is 9.34. The van der Waals surface area contributed by atoms with E-state index >= 15 is 0 Å². The van der Waals surface area contributed by atoms with Crippen molar-refractivity contribution >= 4 is 23.4 Å². The average molecular weight is 563 g/mol. The molecule has 1 aliphatic heterocycles. The van der Waals surface area contributed by atoms with Crippen LogP contribution >= 0.6 is 0 Å². The fraction of sp³-hybridized carbons (Fsp3) is 0.735. The molecule has 7 heteroatoms. The quantitative estimate of drug-likeness (QED) is 0.328. The van der Waals surface area contributed by atoms with Gasteiger partial charge in [0, 0.05) is 30.8 Å². The van der Waals surface area contributed by atoms with Crippen LogP contribution in [-0.4, -0.2) is 48.0 Å². The lowest BCUT2D eigenvalue weighted by Gasteiger charge is -2.68. The molecule has 2 saturated carbocycles. The minimum atomic E-state index is -1.43. The number of hydrogen-bond donors (Lipinski definition) is 0. The number of nitrogens with zero attached hydrogens (tertiary/aromatic N) is 2. The van der Waals surface area contributed by atoms with Crippen LogP contribution in [0.1, 0.15) is 93.9 Å². The predicted molar refractivity (Wildman–Crippen MR) is 154 cm³/mol. The van der Waals surface area contributed by atoms with Gasteiger partial charge in [-0.15, -0.1) is 0 Å². The number of esters is 1. The normalized spacial score (nSPS) is 45.0. The molecule has 1 saturated heterocycles. The van der Waals surface area contributed by atoms with Gasteiger partial charge >= 0.3 is 5.97 Å². The van der Waals surface area contributed by atoms with Gasteiger partial charge in [-0.05, 0) is 73.8 Å².